The lowest BCUT2D eigenvalue weighted by atomic mass is 9.94. The molecular formula is C20H17Cl2FN2O2. The molecular weight excluding hydrogens is 390 g/mol. The molecule has 0 aliphatic rings. The van der Waals surface area contributed by atoms with E-state index in [1.54, 1.807) is 42.6 Å². The van der Waals surface area contributed by atoms with Gasteiger partial charge in [-0.15, -0.1) is 0 Å². The van der Waals surface area contributed by atoms with Gasteiger partial charge in [-0.3, -0.25) is 4.98 Å². The number of hydrogen-bond acceptors (Lipinski definition) is 4. The van der Waals surface area contributed by atoms with Gasteiger partial charge in [0.05, 0.1) is 29.4 Å². The van der Waals surface area contributed by atoms with Crippen molar-refractivity contribution >= 4 is 23.2 Å². The van der Waals surface area contributed by atoms with Gasteiger partial charge in [0.15, 0.2) is 0 Å². The first-order chi connectivity index (χ1) is 12.9. The number of nitrogens with zero attached hydrogens (tertiary/aromatic N) is 1. The summed E-state index contributed by atoms with van der Waals surface area (Å²) in [6.07, 6.45) is 1.64. The highest BCUT2D eigenvalue weighted by molar-refractivity contribution is 6.42. The van der Waals surface area contributed by atoms with Crippen molar-refractivity contribution in [1.29, 1.82) is 0 Å². The first-order valence-corrected chi connectivity index (χ1v) is 8.83. The fraction of sp³-hybridized carbons (Fsp3) is 0.150. The Balaban J connectivity index is 1.94. The summed E-state index contributed by atoms with van der Waals surface area (Å²) < 4.78 is 18.8. The number of ether oxygens (including phenoxy) is 1. The maximum Gasteiger partial charge on any atom is 0.142 e. The van der Waals surface area contributed by atoms with Crippen molar-refractivity contribution in [3.8, 4) is 16.9 Å². The summed E-state index contributed by atoms with van der Waals surface area (Å²) in [6, 6.07) is 10.7. The second-order valence-corrected chi connectivity index (χ2v) is 6.81. The molecule has 7 heteroatoms. The zero-order valence-electron chi connectivity index (χ0n) is 14.4. The van der Waals surface area contributed by atoms with Crippen LogP contribution in [0.3, 0.4) is 0 Å². The maximum atomic E-state index is 13.4. The Hall–Kier alpha value is -2.18. The van der Waals surface area contributed by atoms with Gasteiger partial charge in [0.2, 0.25) is 0 Å². The van der Waals surface area contributed by atoms with E-state index in [1.165, 1.54) is 13.2 Å². The Labute approximate surface area is 166 Å². The molecule has 2 unspecified atom stereocenters. The lowest BCUT2D eigenvalue weighted by Crippen LogP contribution is -2.20. The standard InChI is InChI=1S/C20H17Cl2FN2O2/c1-27-18-8-11(13-6-14(23)10-25-9-13)2-4-15(18)20(26)19(24)12-3-5-16(21)17(22)7-12/h2-10,19-20,26H,24H2,1H3. The van der Waals surface area contributed by atoms with E-state index in [0.717, 1.165) is 6.20 Å². The number of aliphatic hydroxyl groups excluding tert-OH is 1. The first-order valence-electron chi connectivity index (χ1n) is 8.08. The third-order valence-electron chi connectivity index (χ3n) is 4.26. The molecule has 0 spiro atoms. The van der Waals surface area contributed by atoms with Gasteiger partial charge in [0, 0.05) is 17.3 Å². The summed E-state index contributed by atoms with van der Waals surface area (Å²) in [5.74, 6) is -0.00279. The zero-order chi connectivity index (χ0) is 19.6. The Morgan fingerprint density at radius 1 is 1.04 bits per heavy atom. The third-order valence-corrected chi connectivity index (χ3v) is 5.00. The molecule has 2 atom stereocenters. The van der Waals surface area contributed by atoms with Crippen LogP contribution in [0.25, 0.3) is 11.1 Å². The van der Waals surface area contributed by atoms with E-state index in [0.29, 0.717) is 38.0 Å². The molecule has 3 rings (SSSR count). The van der Waals surface area contributed by atoms with Crippen LogP contribution in [0.5, 0.6) is 5.75 Å². The number of methoxy groups -OCH3 is 1. The summed E-state index contributed by atoms with van der Waals surface area (Å²) in [5.41, 5.74) is 8.66. The Bertz CT molecular complexity index is 968. The highest BCUT2D eigenvalue weighted by atomic mass is 35.5. The van der Waals surface area contributed by atoms with Crippen molar-refractivity contribution in [3.05, 3.63) is 81.8 Å². The van der Waals surface area contributed by atoms with Gasteiger partial charge in [-0.25, -0.2) is 4.39 Å². The van der Waals surface area contributed by atoms with E-state index >= 15 is 0 Å². The summed E-state index contributed by atoms with van der Waals surface area (Å²) in [6.45, 7) is 0. The molecule has 0 saturated heterocycles. The molecule has 2 aromatic carbocycles. The summed E-state index contributed by atoms with van der Waals surface area (Å²) in [4.78, 5) is 3.85. The van der Waals surface area contributed by atoms with Crippen LogP contribution >= 0.6 is 23.2 Å². The predicted octanol–water partition coefficient (Wildman–Crippen LogP) is 4.94. The van der Waals surface area contributed by atoms with Crippen LogP contribution in [0.1, 0.15) is 23.3 Å². The molecule has 4 nitrogen and oxygen atoms in total. The van der Waals surface area contributed by atoms with Crippen LogP contribution in [0.2, 0.25) is 10.0 Å². The molecule has 0 saturated carbocycles. The molecule has 0 amide bonds. The average Bonchev–Trinajstić information content (AvgIpc) is 2.68. The molecule has 1 aromatic heterocycles. The molecule has 0 radical (unpaired) electrons. The van der Waals surface area contributed by atoms with Crippen molar-refractivity contribution in [2.24, 2.45) is 5.73 Å². The van der Waals surface area contributed by atoms with Crippen molar-refractivity contribution in [1.82, 2.24) is 4.98 Å². The lowest BCUT2D eigenvalue weighted by Gasteiger charge is -2.22. The smallest absolute Gasteiger partial charge is 0.142 e. The van der Waals surface area contributed by atoms with Crippen LogP contribution < -0.4 is 10.5 Å². The molecule has 0 aliphatic carbocycles. The number of halogens is 3. The van der Waals surface area contributed by atoms with Gasteiger partial charge < -0.3 is 15.6 Å². The second-order valence-electron chi connectivity index (χ2n) is 5.99. The Morgan fingerprint density at radius 2 is 1.81 bits per heavy atom. The van der Waals surface area contributed by atoms with E-state index < -0.39 is 18.0 Å². The van der Waals surface area contributed by atoms with Gasteiger partial charge >= 0.3 is 0 Å². The summed E-state index contributed by atoms with van der Waals surface area (Å²) in [5, 5.41) is 11.5. The van der Waals surface area contributed by atoms with Crippen molar-refractivity contribution in [2.45, 2.75) is 12.1 Å². The van der Waals surface area contributed by atoms with Gasteiger partial charge in [-0.05, 0) is 35.4 Å². The Kier molecular flexibility index (Phi) is 5.97. The molecule has 140 valence electrons. The molecule has 0 aliphatic heterocycles. The van der Waals surface area contributed by atoms with Gasteiger partial charge in [0.1, 0.15) is 17.7 Å². The zero-order valence-corrected chi connectivity index (χ0v) is 15.9. The number of nitrogens with two attached hydrogens (primary N) is 1. The summed E-state index contributed by atoms with van der Waals surface area (Å²) >= 11 is 12.0. The predicted molar refractivity (Wildman–Crippen MR) is 105 cm³/mol. The fourth-order valence-corrected chi connectivity index (χ4v) is 3.11. The van der Waals surface area contributed by atoms with E-state index in [9.17, 15) is 9.50 Å². The Morgan fingerprint density at radius 3 is 2.48 bits per heavy atom. The van der Waals surface area contributed by atoms with Crippen LogP contribution in [0.4, 0.5) is 4.39 Å². The van der Waals surface area contributed by atoms with E-state index in [1.807, 2.05) is 0 Å². The SMILES string of the molecule is COc1cc(-c2cncc(F)c2)ccc1C(O)C(N)c1ccc(Cl)c(Cl)c1. The lowest BCUT2D eigenvalue weighted by molar-refractivity contribution is 0.143. The van der Waals surface area contributed by atoms with E-state index in [-0.39, 0.29) is 0 Å². The van der Waals surface area contributed by atoms with E-state index in [2.05, 4.69) is 4.98 Å². The normalized spacial score (nSPS) is 13.3. The average molecular weight is 407 g/mol. The minimum Gasteiger partial charge on any atom is -0.496 e. The van der Waals surface area contributed by atoms with Gasteiger partial charge in [-0.2, -0.15) is 0 Å². The molecule has 0 fully saturated rings. The number of pyridine rings is 1. The molecule has 3 N–H and O–H groups in total. The third kappa shape index (κ3) is 4.22. The van der Waals surface area contributed by atoms with Crippen LogP contribution in [-0.4, -0.2) is 17.2 Å². The highest BCUT2D eigenvalue weighted by Gasteiger charge is 2.23. The number of hydrogen-bond donors (Lipinski definition) is 2. The second kappa shape index (κ2) is 8.23. The topological polar surface area (TPSA) is 68.4 Å². The van der Waals surface area contributed by atoms with Gasteiger partial charge in [0.25, 0.3) is 0 Å². The fourth-order valence-electron chi connectivity index (χ4n) is 2.80. The van der Waals surface area contributed by atoms with Crippen molar-refractivity contribution in [3.63, 3.8) is 0 Å². The molecule has 27 heavy (non-hydrogen) atoms. The molecule has 1 heterocycles. The number of aliphatic hydroxyl groups is 1. The molecule has 3 aromatic rings. The summed E-state index contributed by atoms with van der Waals surface area (Å²) in [7, 11) is 1.49. The number of benzene rings is 2. The number of rotatable bonds is 5. The first kappa shape index (κ1) is 19.6. The molecule has 0 bridgehead atoms. The maximum absolute atomic E-state index is 13.4. The quantitative estimate of drug-likeness (QED) is 0.629. The minimum atomic E-state index is -1.04. The van der Waals surface area contributed by atoms with Crippen LogP contribution in [-0.2, 0) is 0 Å². The van der Waals surface area contributed by atoms with Crippen LogP contribution in [0, 0.1) is 5.82 Å². The minimum absolute atomic E-state index is 0.359. The highest BCUT2D eigenvalue weighted by Crippen LogP contribution is 2.37. The number of aromatic nitrogens is 1. The van der Waals surface area contributed by atoms with Crippen molar-refractivity contribution in [2.75, 3.05) is 7.11 Å². The van der Waals surface area contributed by atoms with Gasteiger partial charge in [-0.1, -0.05) is 41.4 Å². The monoisotopic (exact) mass is 406 g/mol. The van der Waals surface area contributed by atoms with Crippen LogP contribution in [0.15, 0.2) is 54.9 Å². The van der Waals surface area contributed by atoms with Crippen molar-refractivity contribution < 1.29 is 14.2 Å². The van der Waals surface area contributed by atoms with E-state index in [4.69, 9.17) is 33.7 Å². The largest absolute Gasteiger partial charge is 0.496 e.